The number of amides is 3. The molecule has 9 nitrogen and oxygen atoms in total. The lowest BCUT2D eigenvalue weighted by atomic mass is 9.77. The third-order valence-corrected chi connectivity index (χ3v) is 8.07. The van der Waals surface area contributed by atoms with E-state index in [2.05, 4.69) is 0 Å². The van der Waals surface area contributed by atoms with Gasteiger partial charge in [-0.15, -0.1) is 0 Å². The molecule has 0 bridgehead atoms. The smallest absolute Gasteiger partial charge is 0.237 e. The van der Waals surface area contributed by atoms with Crippen molar-refractivity contribution in [3.05, 3.63) is 71.5 Å². The first-order valence-corrected chi connectivity index (χ1v) is 13.4. The van der Waals surface area contributed by atoms with E-state index in [1.165, 1.54) is 19.1 Å². The van der Waals surface area contributed by atoms with Crippen LogP contribution < -0.4 is 11.5 Å². The fourth-order valence-electron chi connectivity index (χ4n) is 5.76. The summed E-state index contributed by atoms with van der Waals surface area (Å²) in [5, 5.41) is 0. The number of nitrogens with two attached hydrogens (primary N) is 2. The molecule has 0 spiro atoms. The lowest BCUT2D eigenvalue weighted by Crippen LogP contribution is -2.66. The van der Waals surface area contributed by atoms with Crippen molar-refractivity contribution >= 4 is 23.5 Å². The van der Waals surface area contributed by atoms with E-state index in [0.29, 0.717) is 5.56 Å². The van der Waals surface area contributed by atoms with Crippen LogP contribution in [0.1, 0.15) is 38.3 Å². The summed E-state index contributed by atoms with van der Waals surface area (Å²) in [6, 6.07) is 15.2. The molecule has 2 saturated heterocycles. The first-order valence-electron chi connectivity index (χ1n) is 13.4. The molecule has 1 unspecified atom stereocenters. The van der Waals surface area contributed by atoms with E-state index in [1.807, 2.05) is 30.3 Å². The van der Waals surface area contributed by atoms with Crippen molar-refractivity contribution in [1.29, 1.82) is 0 Å². The summed E-state index contributed by atoms with van der Waals surface area (Å²) >= 11 is 0. The predicted molar refractivity (Wildman–Crippen MR) is 146 cm³/mol. The molecule has 0 radical (unpaired) electrons. The molecule has 2 aromatic carbocycles. The average molecular weight is 553 g/mol. The molecule has 0 saturated carbocycles. The highest BCUT2D eigenvalue weighted by molar-refractivity contribution is 6.16. The SMILES string of the molecule is CC(N)(C[C@H](COCc1ccccc1)C(=O)N1CCN2C(=O)C(C)(C)C(=O)[C@]2(Cc2ccc(F)cc2)C1)C(N)=O. The fraction of sp³-hybridized carbons (Fsp3) is 0.467. The molecular formula is C30H37FN4O5. The van der Waals surface area contributed by atoms with Crippen LogP contribution in [-0.4, -0.2) is 70.6 Å². The second kappa shape index (κ2) is 11.1. The van der Waals surface area contributed by atoms with Gasteiger partial charge in [0.1, 0.15) is 16.8 Å². The standard InChI is InChI=1S/C30H37FN4O5/c1-28(2)25(37)30(15-20-9-11-23(31)12-10-20)19-34(13-14-35(30)27(28)39)24(36)22(16-29(3,33)26(32)38)18-40-17-21-7-5-4-6-8-21/h4-12,22H,13-19,33H2,1-3H3,(H2,32,38)/t22-,29?,30+/m1/s1. The molecule has 214 valence electrons. The molecule has 0 aliphatic carbocycles. The van der Waals surface area contributed by atoms with Crippen LogP contribution in [0.3, 0.4) is 0 Å². The fourth-order valence-corrected chi connectivity index (χ4v) is 5.76. The average Bonchev–Trinajstić information content (AvgIpc) is 3.06. The Kier molecular flexibility index (Phi) is 8.14. The first-order chi connectivity index (χ1) is 18.8. The highest BCUT2D eigenvalue weighted by atomic mass is 19.1. The summed E-state index contributed by atoms with van der Waals surface area (Å²) in [4.78, 5) is 56.4. The Labute approximate surface area is 233 Å². The van der Waals surface area contributed by atoms with E-state index in [0.717, 1.165) is 5.56 Å². The Hall–Kier alpha value is -3.63. The van der Waals surface area contributed by atoms with E-state index in [1.54, 1.807) is 35.8 Å². The van der Waals surface area contributed by atoms with Gasteiger partial charge in [0.15, 0.2) is 5.78 Å². The van der Waals surface area contributed by atoms with Gasteiger partial charge in [-0.3, -0.25) is 19.2 Å². The molecule has 2 aliphatic rings. The van der Waals surface area contributed by atoms with Gasteiger partial charge in [0.2, 0.25) is 17.7 Å². The van der Waals surface area contributed by atoms with Crippen molar-refractivity contribution in [1.82, 2.24) is 9.80 Å². The zero-order valence-corrected chi connectivity index (χ0v) is 23.2. The number of rotatable bonds is 10. The van der Waals surface area contributed by atoms with E-state index >= 15 is 0 Å². The number of carbonyl (C=O) groups excluding carboxylic acids is 4. The van der Waals surface area contributed by atoms with Gasteiger partial charge in [0.05, 0.1) is 31.2 Å². The van der Waals surface area contributed by atoms with E-state index in [9.17, 15) is 23.6 Å². The van der Waals surface area contributed by atoms with Gasteiger partial charge < -0.3 is 26.0 Å². The number of piperazine rings is 1. The molecule has 10 heteroatoms. The second-order valence-electron chi connectivity index (χ2n) is 11.7. The number of ketones is 1. The summed E-state index contributed by atoms with van der Waals surface area (Å²) in [7, 11) is 0. The predicted octanol–water partition coefficient (Wildman–Crippen LogP) is 1.81. The first kappa shape index (κ1) is 29.4. The topological polar surface area (TPSA) is 136 Å². The molecule has 4 N–H and O–H groups in total. The number of carbonyl (C=O) groups is 4. The number of benzene rings is 2. The summed E-state index contributed by atoms with van der Waals surface area (Å²) in [6.07, 6.45) is 0.0790. The minimum atomic E-state index is -1.47. The number of primary amides is 1. The zero-order chi connectivity index (χ0) is 29.3. The Bertz CT molecular complexity index is 1280. The van der Waals surface area contributed by atoms with E-state index in [-0.39, 0.29) is 63.3 Å². The Morgan fingerprint density at radius 2 is 1.70 bits per heavy atom. The molecule has 2 fully saturated rings. The number of halogens is 1. The second-order valence-corrected chi connectivity index (χ2v) is 11.7. The van der Waals surface area contributed by atoms with Gasteiger partial charge in [0.25, 0.3) is 0 Å². The van der Waals surface area contributed by atoms with Crippen LogP contribution >= 0.6 is 0 Å². The normalized spacial score (nSPS) is 22.5. The molecule has 3 atom stereocenters. The zero-order valence-electron chi connectivity index (χ0n) is 23.2. The van der Waals surface area contributed by atoms with Crippen LogP contribution in [0, 0.1) is 17.2 Å². The summed E-state index contributed by atoms with van der Waals surface area (Å²) in [6.45, 7) is 5.24. The minimum Gasteiger partial charge on any atom is -0.376 e. The van der Waals surface area contributed by atoms with Crippen LogP contribution in [0.25, 0.3) is 0 Å². The monoisotopic (exact) mass is 552 g/mol. The maximum Gasteiger partial charge on any atom is 0.237 e. The lowest BCUT2D eigenvalue weighted by Gasteiger charge is -2.46. The molecule has 2 aromatic rings. The van der Waals surface area contributed by atoms with Crippen molar-refractivity contribution in [2.24, 2.45) is 22.8 Å². The Balaban J connectivity index is 1.61. The quantitative estimate of drug-likeness (QED) is 0.432. The number of nitrogens with zero attached hydrogens (tertiary/aromatic N) is 2. The molecule has 4 rings (SSSR count). The van der Waals surface area contributed by atoms with Gasteiger partial charge in [-0.2, -0.15) is 0 Å². The van der Waals surface area contributed by atoms with Gasteiger partial charge >= 0.3 is 0 Å². The molecule has 2 heterocycles. The summed E-state index contributed by atoms with van der Waals surface area (Å²) in [5.41, 5.74) is 9.25. The van der Waals surface area contributed by atoms with Crippen LogP contribution in [0.4, 0.5) is 4.39 Å². The Morgan fingerprint density at radius 1 is 1.05 bits per heavy atom. The maximum atomic E-state index is 14.0. The van der Waals surface area contributed by atoms with Gasteiger partial charge in [-0.05, 0) is 50.5 Å². The highest BCUT2D eigenvalue weighted by Crippen LogP contribution is 2.43. The van der Waals surface area contributed by atoms with Crippen molar-refractivity contribution < 1.29 is 28.3 Å². The summed E-state index contributed by atoms with van der Waals surface area (Å²) in [5.74, 6) is -2.90. The third-order valence-electron chi connectivity index (χ3n) is 8.07. The molecule has 2 aliphatic heterocycles. The van der Waals surface area contributed by atoms with Crippen molar-refractivity contribution in [2.75, 3.05) is 26.2 Å². The van der Waals surface area contributed by atoms with Crippen LogP contribution in [0.5, 0.6) is 0 Å². The molecule has 0 aromatic heterocycles. The number of fused-ring (bicyclic) bond motifs is 1. The number of Topliss-reactive ketones (excluding diaryl/α,β-unsaturated/α-hetero) is 1. The highest BCUT2D eigenvalue weighted by Gasteiger charge is 2.64. The minimum absolute atomic E-state index is 0.0165. The largest absolute Gasteiger partial charge is 0.376 e. The van der Waals surface area contributed by atoms with Crippen LogP contribution in [-0.2, 0) is 36.9 Å². The molecule has 40 heavy (non-hydrogen) atoms. The number of ether oxygens (including phenoxy) is 1. The van der Waals surface area contributed by atoms with Crippen molar-refractivity contribution in [3.63, 3.8) is 0 Å². The molecule has 3 amide bonds. The van der Waals surface area contributed by atoms with Crippen LogP contribution in [0.2, 0.25) is 0 Å². The van der Waals surface area contributed by atoms with E-state index in [4.69, 9.17) is 16.2 Å². The van der Waals surface area contributed by atoms with Crippen molar-refractivity contribution in [3.8, 4) is 0 Å². The Morgan fingerprint density at radius 3 is 2.33 bits per heavy atom. The maximum absolute atomic E-state index is 14.0. The third kappa shape index (κ3) is 5.64. The molecular weight excluding hydrogens is 515 g/mol. The van der Waals surface area contributed by atoms with Crippen molar-refractivity contribution in [2.45, 2.75) is 51.3 Å². The van der Waals surface area contributed by atoms with Gasteiger partial charge in [-0.25, -0.2) is 4.39 Å². The van der Waals surface area contributed by atoms with Gasteiger partial charge in [-0.1, -0.05) is 42.5 Å². The van der Waals surface area contributed by atoms with Crippen LogP contribution in [0.15, 0.2) is 54.6 Å². The lowest BCUT2D eigenvalue weighted by molar-refractivity contribution is -0.150. The van der Waals surface area contributed by atoms with Gasteiger partial charge in [0, 0.05) is 19.5 Å². The number of hydrogen-bond donors (Lipinski definition) is 2. The number of hydrogen-bond acceptors (Lipinski definition) is 6. The van der Waals surface area contributed by atoms with E-state index < -0.39 is 34.1 Å². The summed E-state index contributed by atoms with van der Waals surface area (Å²) < 4.78 is 19.5.